The third-order valence-electron chi connectivity index (χ3n) is 3.03. The Morgan fingerprint density at radius 1 is 1.14 bits per heavy atom. The van der Waals surface area contributed by atoms with Gasteiger partial charge in [0.15, 0.2) is 0 Å². The Morgan fingerprint density at radius 2 is 1.71 bits per heavy atom. The second-order valence-corrected chi connectivity index (χ2v) is 6.55. The van der Waals surface area contributed by atoms with E-state index < -0.39 is 0 Å². The van der Waals surface area contributed by atoms with E-state index in [1.807, 2.05) is 61.3 Å². The normalized spacial score (nSPS) is 10.3. The minimum atomic E-state index is -0.0633. The second-order valence-electron chi connectivity index (χ2n) is 4.84. The molecule has 2 aromatic rings. The van der Waals surface area contributed by atoms with E-state index in [9.17, 15) is 4.79 Å². The van der Waals surface area contributed by atoms with Crippen molar-refractivity contribution in [2.45, 2.75) is 6.92 Å². The number of hydrogen-bond donors (Lipinski definition) is 1. The molecular formula is C16H16Br2N2O. The Hall–Kier alpha value is -1.33. The van der Waals surface area contributed by atoms with Crippen molar-refractivity contribution in [3.8, 4) is 0 Å². The molecule has 0 atom stereocenters. The fourth-order valence-corrected chi connectivity index (χ4v) is 3.60. The molecule has 21 heavy (non-hydrogen) atoms. The van der Waals surface area contributed by atoms with E-state index in [1.54, 1.807) is 0 Å². The Kier molecular flexibility index (Phi) is 5.42. The first kappa shape index (κ1) is 16.0. The van der Waals surface area contributed by atoms with Gasteiger partial charge in [-0.2, -0.15) is 0 Å². The zero-order valence-electron chi connectivity index (χ0n) is 11.9. The summed E-state index contributed by atoms with van der Waals surface area (Å²) in [6.45, 7) is 2.29. The minimum absolute atomic E-state index is 0.0633. The van der Waals surface area contributed by atoms with E-state index >= 15 is 0 Å². The van der Waals surface area contributed by atoms with Gasteiger partial charge in [0.25, 0.3) is 0 Å². The molecule has 2 rings (SSSR count). The molecule has 0 bridgehead atoms. The summed E-state index contributed by atoms with van der Waals surface area (Å²) in [5, 5.41) is 2.93. The highest BCUT2D eigenvalue weighted by molar-refractivity contribution is 9.11. The number of anilines is 2. The van der Waals surface area contributed by atoms with E-state index in [2.05, 4.69) is 37.2 Å². The van der Waals surface area contributed by atoms with Crippen LogP contribution in [0.2, 0.25) is 0 Å². The molecule has 0 heterocycles. The summed E-state index contributed by atoms with van der Waals surface area (Å²) in [7, 11) is 1.90. The number of carbonyl (C=O) groups is 1. The van der Waals surface area contributed by atoms with Crippen molar-refractivity contribution >= 4 is 49.1 Å². The molecule has 0 saturated carbocycles. The van der Waals surface area contributed by atoms with Crippen molar-refractivity contribution in [2.75, 3.05) is 23.8 Å². The van der Waals surface area contributed by atoms with Crippen molar-refractivity contribution < 1.29 is 4.79 Å². The van der Waals surface area contributed by atoms with Crippen LogP contribution in [0.25, 0.3) is 0 Å². The first-order chi connectivity index (χ1) is 9.97. The second kappa shape index (κ2) is 7.09. The van der Waals surface area contributed by atoms with Crippen molar-refractivity contribution in [3.05, 3.63) is 57.0 Å². The van der Waals surface area contributed by atoms with Crippen LogP contribution in [0.5, 0.6) is 0 Å². The summed E-state index contributed by atoms with van der Waals surface area (Å²) in [5.41, 5.74) is 2.88. The van der Waals surface area contributed by atoms with Gasteiger partial charge < -0.3 is 10.2 Å². The van der Waals surface area contributed by atoms with Crippen LogP contribution in [-0.2, 0) is 4.79 Å². The summed E-state index contributed by atoms with van der Waals surface area (Å²) in [4.78, 5) is 14.1. The third kappa shape index (κ3) is 4.32. The van der Waals surface area contributed by atoms with Crippen molar-refractivity contribution in [1.29, 1.82) is 0 Å². The number of aryl methyl sites for hydroxylation is 1. The lowest BCUT2D eigenvalue weighted by Gasteiger charge is -2.19. The maximum atomic E-state index is 12.2. The number of benzene rings is 2. The highest BCUT2D eigenvalue weighted by Gasteiger charge is 2.12. The molecule has 0 saturated heterocycles. The molecule has 110 valence electrons. The summed E-state index contributed by atoms with van der Waals surface area (Å²) < 4.78 is 1.73. The van der Waals surface area contributed by atoms with Crippen LogP contribution in [0.1, 0.15) is 5.56 Å². The maximum Gasteiger partial charge on any atom is 0.243 e. The molecule has 0 aliphatic rings. The summed E-state index contributed by atoms with van der Waals surface area (Å²) in [6.07, 6.45) is 0. The molecule has 0 aromatic heterocycles. The first-order valence-corrected chi connectivity index (χ1v) is 8.07. The highest BCUT2D eigenvalue weighted by atomic mass is 79.9. The molecule has 0 aliphatic carbocycles. The van der Waals surface area contributed by atoms with Crippen LogP contribution in [0.15, 0.2) is 51.4 Å². The molecule has 0 unspecified atom stereocenters. The van der Waals surface area contributed by atoms with Crippen LogP contribution in [0.4, 0.5) is 11.4 Å². The van der Waals surface area contributed by atoms with Gasteiger partial charge >= 0.3 is 0 Å². The number of carbonyl (C=O) groups excluding carboxylic acids is 1. The van der Waals surface area contributed by atoms with Crippen LogP contribution < -0.4 is 10.2 Å². The van der Waals surface area contributed by atoms with E-state index in [0.717, 1.165) is 25.9 Å². The van der Waals surface area contributed by atoms with Crippen molar-refractivity contribution in [1.82, 2.24) is 0 Å². The lowest BCUT2D eigenvalue weighted by molar-refractivity contribution is -0.114. The predicted molar refractivity (Wildman–Crippen MR) is 94.9 cm³/mol. The fraction of sp³-hybridized carbons (Fsp3) is 0.188. The molecule has 5 heteroatoms. The first-order valence-electron chi connectivity index (χ1n) is 6.49. The molecule has 2 aromatic carbocycles. The highest BCUT2D eigenvalue weighted by Crippen LogP contribution is 2.32. The van der Waals surface area contributed by atoms with Gasteiger partial charge in [-0.15, -0.1) is 0 Å². The fourth-order valence-electron chi connectivity index (χ4n) is 1.99. The molecule has 1 N–H and O–H groups in total. The molecule has 0 aliphatic heterocycles. The lowest BCUT2D eigenvalue weighted by atomic mass is 10.2. The van der Waals surface area contributed by atoms with Crippen LogP contribution in [0.3, 0.4) is 0 Å². The number of nitrogens with one attached hydrogen (secondary N) is 1. The molecule has 0 radical (unpaired) electrons. The van der Waals surface area contributed by atoms with Gasteiger partial charge in [-0.25, -0.2) is 0 Å². The largest absolute Gasteiger partial charge is 0.365 e. The maximum absolute atomic E-state index is 12.2. The number of likely N-dealkylation sites (N-methyl/N-ethyl adjacent to an activating group) is 1. The Balaban J connectivity index is 2.06. The zero-order chi connectivity index (χ0) is 15.4. The van der Waals surface area contributed by atoms with E-state index in [1.165, 1.54) is 0 Å². The monoisotopic (exact) mass is 410 g/mol. The number of rotatable bonds is 4. The summed E-state index contributed by atoms with van der Waals surface area (Å²) >= 11 is 6.96. The number of amides is 1. The smallest absolute Gasteiger partial charge is 0.243 e. The van der Waals surface area contributed by atoms with E-state index in [0.29, 0.717) is 0 Å². The van der Waals surface area contributed by atoms with Crippen LogP contribution in [-0.4, -0.2) is 19.5 Å². The number of nitrogens with zero attached hydrogens (tertiary/aromatic N) is 1. The van der Waals surface area contributed by atoms with Gasteiger partial charge in [-0.05, 0) is 68.6 Å². The quantitative estimate of drug-likeness (QED) is 0.797. The average molecular weight is 412 g/mol. The van der Waals surface area contributed by atoms with E-state index in [4.69, 9.17) is 0 Å². The Morgan fingerprint density at radius 3 is 2.29 bits per heavy atom. The van der Waals surface area contributed by atoms with Gasteiger partial charge in [-0.3, -0.25) is 4.79 Å². The van der Waals surface area contributed by atoms with E-state index in [-0.39, 0.29) is 12.5 Å². The van der Waals surface area contributed by atoms with Crippen molar-refractivity contribution in [3.63, 3.8) is 0 Å². The summed E-state index contributed by atoms with van der Waals surface area (Å²) in [6, 6.07) is 13.8. The molecule has 0 spiro atoms. The predicted octanol–water partition coefficient (Wildman–Crippen LogP) is 4.59. The Labute approximate surface area is 141 Å². The summed E-state index contributed by atoms with van der Waals surface area (Å²) in [5.74, 6) is -0.0633. The zero-order valence-corrected chi connectivity index (χ0v) is 15.0. The SMILES string of the molecule is Cc1cc(Br)c(NC(=O)CN(C)c2ccccc2)c(Br)c1. The van der Waals surface area contributed by atoms with Gasteiger partial charge in [0.05, 0.1) is 12.2 Å². The molecule has 1 amide bonds. The van der Waals surface area contributed by atoms with Crippen LogP contribution in [0, 0.1) is 6.92 Å². The molecule has 0 fully saturated rings. The van der Waals surface area contributed by atoms with Gasteiger partial charge in [0.2, 0.25) is 5.91 Å². The number of halogens is 2. The standard InChI is InChI=1S/C16H16Br2N2O/c1-11-8-13(17)16(14(18)9-11)19-15(21)10-20(2)12-6-4-3-5-7-12/h3-9H,10H2,1-2H3,(H,19,21). The topological polar surface area (TPSA) is 32.3 Å². The molecule has 3 nitrogen and oxygen atoms in total. The third-order valence-corrected chi connectivity index (χ3v) is 4.28. The molecular weight excluding hydrogens is 396 g/mol. The van der Waals surface area contributed by atoms with Crippen LogP contribution >= 0.6 is 31.9 Å². The van der Waals surface area contributed by atoms with Gasteiger partial charge in [0, 0.05) is 21.7 Å². The number of para-hydroxylation sites is 1. The van der Waals surface area contributed by atoms with Gasteiger partial charge in [-0.1, -0.05) is 18.2 Å². The average Bonchev–Trinajstić information content (AvgIpc) is 2.43. The van der Waals surface area contributed by atoms with Gasteiger partial charge in [0.1, 0.15) is 0 Å². The minimum Gasteiger partial charge on any atom is -0.365 e. The Bertz CT molecular complexity index is 621. The lowest BCUT2D eigenvalue weighted by Crippen LogP contribution is -2.30. The van der Waals surface area contributed by atoms with Crippen molar-refractivity contribution in [2.24, 2.45) is 0 Å². The number of hydrogen-bond acceptors (Lipinski definition) is 2.